The Morgan fingerprint density at radius 3 is 3.04 bits per heavy atom. The number of nitrogens with zero attached hydrogens (tertiary/aromatic N) is 2. The summed E-state index contributed by atoms with van der Waals surface area (Å²) >= 11 is 3.51. The van der Waals surface area contributed by atoms with Crippen molar-refractivity contribution in [3.05, 3.63) is 61.9 Å². The van der Waals surface area contributed by atoms with Gasteiger partial charge in [0.15, 0.2) is 0 Å². The van der Waals surface area contributed by atoms with Crippen LogP contribution in [0, 0.1) is 0 Å². The average Bonchev–Trinajstić information content (AvgIpc) is 3.38. The summed E-state index contributed by atoms with van der Waals surface area (Å²) in [5, 5.41) is 1.24. The van der Waals surface area contributed by atoms with E-state index in [1.807, 2.05) is 0 Å². The van der Waals surface area contributed by atoms with Crippen LogP contribution in [0.15, 0.2) is 33.7 Å². The molecular weight excluding hydrogens is 380 g/mol. The Hall–Kier alpha value is -1.92. The van der Waals surface area contributed by atoms with Crippen LogP contribution in [0.4, 0.5) is 0 Å². The predicted molar refractivity (Wildman–Crippen MR) is 101 cm³/mol. The van der Waals surface area contributed by atoms with Crippen LogP contribution in [0.25, 0.3) is 10.9 Å². The molecular formula is C19H19BrN4O. The average molecular weight is 399 g/mol. The molecule has 0 bridgehead atoms. The predicted octanol–water partition coefficient (Wildman–Crippen LogP) is 3.45. The molecule has 1 aliphatic carbocycles. The van der Waals surface area contributed by atoms with Crippen molar-refractivity contribution in [3.8, 4) is 0 Å². The molecule has 0 saturated heterocycles. The Morgan fingerprint density at radius 2 is 2.20 bits per heavy atom. The number of halogens is 1. The van der Waals surface area contributed by atoms with Crippen molar-refractivity contribution in [2.45, 2.75) is 38.3 Å². The number of aromatic amines is 2. The molecule has 0 unspecified atom stereocenters. The molecule has 1 aromatic carbocycles. The second-order valence-corrected chi connectivity index (χ2v) is 8.03. The zero-order valence-electron chi connectivity index (χ0n) is 13.8. The van der Waals surface area contributed by atoms with Gasteiger partial charge in [0.25, 0.3) is 5.56 Å². The van der Waals surface area contributed by atoms with Crippen LogP contribution in [0.2, 0.25) is 0 Å². The highest BCUT2D eigenvalue weighted by Gasteiger charge is 2.29. The summed E-state index contributed by atoms with van der Waals surface area (Å²) in [6.07, 6.45) is 5.24. The van der Waals surface area contributed by atoms with Crippen molar-refractivity contribution >= 4 is 26.8 Å². The molecule has 5 nitrogen and oxygen atoms in total. The smallest absolute Gasteiger partial charge is 0.255 e. The number of hydrogen-bond acceptors (Lipinski definition) is 3. The highest BCUT2D eigenvalue weighted by molar-refractivity contribution is 9.10. The van der Waals surface area contributed by atoms with Crippen molar-refractivity contribution in [1.82, 2.24) is 19.9 Å². The molecule has 1 aliphatic heterocycles. The fraction of sp³-hybridized carbons (Fsp3) is 0.368. The van der Waals surface area contributed by atoms with Crippen LogP contribution >= 0.6 is 15.9 Å². The van der Waals surface area contributed by atoms with Gasteiger partial charge in [0.1, 0.15) is 5.82 Å². The molecule has 2 N–H and O–H groups in total. The molecule has 1 fully saturated rings. The SMILES string of the molecule is O=c1[nH]c(C2CC2)nc2c1CN(Cc1c[nH]c3cc(Br)ccc13)CC2. The summed E-state index contributed by atoms with van der Waals surface area (Å²) in [4.78, 5) is 25.9. The molecule has 1 saturated carbocycles. The third-order valence-electron chi connectivity index (χ3n) is 5.25. The van der Waals surface area contributed by atoms with E-state index in [0.717, 1.165) is 59.4 Å². The van der Waals surface area contributed by atoms with Crippen molar-refractivity contribution in [2.75, 3.05) is 6.54 Å². The molecule has 2 aromatic heterocycles. The van der Waals surface area contributed by atoms with E-state index in [0.29, 0.717) is 12.5 Å². The maximum absolute atomic E-state index is 12.5. The van der Waals surface area contributed by atoms with Gasteiger partial charge in [-0.15, -0.1) is 0 Å². The summed E-state index contributed by atoms with van der Waals surface area (Å²) < 4.78 is 1.07. The molecule has 0 atom stereocenters. The molecule has 0 radical (unpaired) electrons. The van der Waals surface area contributed by atoms with Crippen LogP contribution < -0.4 is 5.56 Å². The van der Waals surface area contributed by atoms with Crippen molar-refractivity contribution in [1.29, 1.82) is 0 Å². The maximum Gasteiger partial charge on any atom is 0.255 e. The zero-order chi connectivity index (χ0) is 17.0. The van der Waals surface area contributed by atoms with Gasteiger partial charge in [-0.25, -0.2) is 4.98 Å². The van der Waals surface area contributed by atoms with E-state index in [-0.39, 0.29) is 5.56 Å². The van der Waals surface area contributed by atoms with Crippen molar-refractivity contribution in [2.24, 2.45) is 0 Å². The van der Waals surface area contributed by atoms with E-state index in [1.54, 1.807) is 0 Å². The molecule has 0 spiro atoms. The molecule has 3 aromatic rings. The molecule has 0 amide bonds. The molecule has 3 heterocycles. The number of fused-ring (bicyclic) bond motifs is 2. The number of benzene rings is 1. The minimum atomic E-state index is 0.0551. The number of H-pyrrole nitrogens is 2. The van der Waals surface area contributed by atoms with E-state index in [2.05, 4.69) is 55.2 Å². The van der Waals surface area contributed by atoms with Gasteiger partial charge in [-0.3, -0.25) is 9.69 Å². The summed E-state index contributed by atoms with van der Waals surface area (Å²) in [6.45, 7) is 2.45. The number of rotatable bonds is 3. The van der Waals surface area contributed by atoms with Crippen LogP contribution in [0.5, 0.6) is 0 Å². The fourth-order valence-corrected chi connectivity index (χ4v) is 4.08. The normalized spacial score (nSPS) is 17.8. The van der Waals surface area contributed by atoms with Gasteiger partial charge >= 0.3 is 0 Å². The lowest BCUT2D eigenvalue weighted by Gasteiger charge is -2.27. The lowest BCUT2D eigenvalue weighted by Crippen LogP contribution is -2.35. The Kier molecular flexibility index (Phi) is 3.57. The first kappa shape index (κ1) is 15.3. The second-order valence-electron chi connectivity index (χ2n) is 7.12. The highest BCUT2D eigenvalue weighted by Crippen LogP contribution is 2.37. The Morgan fingerprint density at radius 1 is 1.32 bits per heavy atom. The van der Waals surface area contributed by atoms with Crippen LogP contribution in [0.1, 0.15) is 41.4 Å². The first-order valence-corrected chi connectivity index (χ1v) is 9.56. The van der Waals surface area contributed by atoms with Gasteiger partial charge in [-0.2, -0.15) is 0 Å². The lowest BCUT2D eigenvalue weighted by molar-refractivity contribution is 0.242. The van der Waals surface area contributed by atoms with Crippen molar-refractivity contribution < 1.29 is 0 Å². The molecule has 5 rings (SSSR count). The summed E-state index contributed by atoms with van der Waals surface area (Å²) in [5.74, 6) is 1.39. The Balaban J connectivity index is 1.41. The first-order valence-electron chi connectivity index (χ1n) is 8.77. The van der Waals surface area contributed by atoms with Gasteiger partial charge < -0.3 is 9.97 Å². The monoisotopic (exact) mass is 398 g/mol. The van der Waals surface area contributed by atoms with Gasteiger partial charge in [-0.1, -0.05) is 22.0 Å². The van der Waals surface area contributed by atoms with Gasteiger partial charge in [0.2, 0.25) is 0 Å². The molecule has 25 heavy (non-hydrogen) atoms. The molecule has 128 valence electrons. The number of aromatic nitrogens is 3. The molecule has 6 heteroatoms. The van der Waals surface area contributed by atoms with Gasteiger partial charge in [0.05, 0.1) is 11.3 Å². The van der Waals surface area contributed by atoms with Gasteiger partial charge in [-0.05, 0) is 30.5 Å². The summed E-state index contributed by atoms with van der Waals surface area (Å²) in [6, 6.07) is 6.30. The standard InChI is InChI=1S/C19H19BrN4O/c20-13-3-4-14-12(8-21-17(14)7-13)9-24-6-5-16-15(10-24)19(25)23-18(22-16)11-1-2-11/h3-4,7-8,11,21H,1-2,5-6,9-10H2,(H,22,23,25). The lowest BCUT2D eigenvalue weighted by atomic mass is 10.1. The third-order valence-corrected chi connectivity index (χ3v) is 5.75. The minimum Gasteiger partial charge on any atom is -0.361 e. The summed E-state index contributed by atoms with van der Waals surface area (Å²) in [7, 11) is 0. The van der Waals surface area contributed by atoms with Crippen LogP contribution in [0.3, 0.4) is 0 Å². The minimum absolute atomic E-state index is 0.0551. The summed E-state index contributed by atoms with van der Waals surface area (Å²) in [5.41, 5.74) is 4.31. The number of hydrogen-bond donors (Lipinski definition) is 2. The number of nitrogens with one attached hydrogen (secondary N) is 2. The fourth-order valence-electron chi connectivity index (χ4n) is 3.72. The highest BCUT2D eigenvalue weighted by atomic mass is 79.9. The van der Waals surface area contributed by atoms with E-state index < -0.39 is 0 Å². The van der Waals surface area contributed by atoms with Crippen molar-refractivity contribution in [3.63, 3.8) is 0 Å². The van der Waals surface area contributed by atoms with Crippen LogP contribution in [-0.4, -0.2) is 26.4 Å². The quantitative estimate of drug-likeness (QED) is 0.709. The maximum atomic E-state index is 12.5. The zero-order valence-corrected chi connectivity index (χ0v) is 15.4. The largest absolute Gasteiger partial charge is 0.361 e. The van der Waals surface area contributed by atoms with Crippen LogP contribution in [-0.2, 0) is 19.5 Å². The third kappa shape index (κ3) is 2.83. The van der Waals surface area contributed by atoms with E-state index in [1.165, 1.54) is 10.9 Å². The Labute approximate surface area is 153 Å². The van der Waals surface area contributed by atoms with E-state index in [9.17, 15) is 4.79 Å². The molecule has 2 aliphatic rings. The van der Waals surface area contributed by atoms with Gasteiger partial charge in [0, 0.05) is 53.5 Å². The second kappa shape index (κ2) is 5.81. The van der Waals surface area contributed by atoms with E-state index in [4.69, 9.17) is 4.98 Å². The van der Waals surface area contributed by atoms with E-state index >= 15 is 0 Å². The topological polar surface area (TPSA) is 64.8 Å². The first-order chi connectivity index (χ1) is 12.2. The Bertz CT molecular complexity index is 1020.